The molecule has 1 saturated heterocycles. The number of nitrogens with one attached hydrogen (secondary N) is 2. The minimum Gasteiger partial charge on any atom is -0.494 e. The molecule has 0 radical (unpaired) electrons. The number of hydrogen-bond acceptors (Lipinski definition) is 7. The van der Waals surface area contributed by atoms with E-state index in [0.717, 1.165) is 5.56 Å². The van der Waals surface area contributed by atoms with Crippen LogP contribution in [0.3, 0.4) is 0 Å². The highest BCUT2D eigenvalue weighted by molar-refractivity contribution is 7.80. The molecule has 1 aliphatic heterocycles. The molecular weight excluding hydrogens is 538 g/mol. The number of ether oxygens (including phenoxy) is 2. The number of nitrogens with zero attached hydrogens (tertiary/aromatic N) is 1. The third kappa shape index (κ3) is 6.48. The number of carbonyl (C=O) groups is 2. The summed E-state index contributed by atoms with van der Waals surface area (Å²) in [6.45, 7) is 2.60. The molecule has 3 aromatic carbocycles. The Balaban J connectivity index is 1.73. The number of thiol groups is 1. The van der Waals surface area contributed by atoms with Crippen LogP contribution in [0.2, 0.25) is 0 Å². The van der Waals surface area contributed by atoms with E-state index in [4.69, 9.17) is 10.5 Å². The second-order valence-electron chi connectivity index (χ2n) is 9.28. The molecule has 40 heavy (non-hydrogen) atoms. The lowest BCUT2D eigenvalue weighted by Gasteiger charge is -2.31. The minimum absolute atomic E-state index is 0.0188. The quantitative estimate of drug-likeness (QED) is 0.242. The number of benzene rings is 3. The Hall–Kier alpha value is -3.83. The van der Waals surface area contributed by atoms with Crippen LogP contribution in [-0.2, 0) is 16.1 Å². The molecule has 1 heterocycles. The Labute approximate surface area is 237 Å². The zero-order chi connectivity index (χ0) is 28.8. The molecule has 0 saturated carbocycles. The molecule has 0 bridgehead atoms. The summed E-state index contributed by atoms with van der Waals surface area (Å²) in [5.41, 5.74) is 7.49. The van der Waals surface area contributed by atoms with Gasteiger partial charge in [-0.1, -0.05) is 6.07 Å². The molecule has 4 N–H and O–H groups in total. The first-order chi connectivity index (χ1) is 19.2. The third-order valence-electron chi connectivity index (χ3n) is 6.77. The number of methoxy groups -OCH3 is 1. The monoisotopic (exact) mass is 570 g/mol. The van der Waals surface area contributed by atoms with Gasteiger partial charge in [0.05, 0.1) is 19.8 Å². The van der Waals surface area contributed by atoms with Gasteiger partial charge < -0.3 is 25.4 Å². The summed E-state index contributed by atoms with van der Waals surface area (Å²) in [6, 6.07) is 12.2. The summed E-state index contributed by atoms with van der Waals surface area (Å²) in [5.74, 6) is -1.14. The van der Waals surface area contributed by atoms with Gasteiger partial charge in [-0.3, -0.25) is 10.1 Å². The van der Waals surface area contributed by atoms with Crippen molar-refractivity contribution in [3.8, 4) is 5.75 Å². The SMILES string of the molecule is CCOc1ccc(F)c([C@@H](Nc2ccc(CN)c(F)c2)C(=O)N2CCC[C@@H]2c2cc(NC(=O)OC)ccc2S)c1. The molecular formula is C29H32F2N4O4S. The second kappa shape index (κ2) is 13.0. The van der Waals surface area contributed by atoms with Crippen molar-refractivity contribution in [2.45, 2.75) is 43.3 Å². The molecule has 0 spiro atoms. The lowest BCUT2D eigenvalue weighted by Crippen LogP contribution is -2.38. The first-order valence-corrected chi connectivity index (χ1v) is 13.4. The average Bonchev–Trinajstić information content (AvgIpc) is 3.43. The average molecular weight is 571 g/mol. The summed E-state index contributed by atoms with van der Waals surface area (Å²) in [7, 11) is 1.27. The van der Waals surface area contributed by atoms with Crippen LogP contribution in [0.25, 0.3) is 0 Å². The van der Waals surface area contributed by atoms with Crippen LogP contribution < -0.4 is 21.1 Å². The summed E-state index contributed by atoms with van der Waals surface area (Å²) in [6.07, 6.45) is 0.709. The van der Waals surface area contributed by atoms with E-state index in [2.05, 4.69) is 28.0 Å². The molecule has 1 aliphatic rings. The number of nitrogens with two attached hydrogens (primary N) is 1. The molecule has 8 nitrogen and oxygen atoms in total. The fourth-order valence-electron chi connectivity index (χ4n) is 4.83. The van der Waals surface area contributed by atoms with Gasteiger partial charge in [0.1, 0.15) is 23.4 Å². The lowest BCUT2D eigenvalue weighted by atomic mass is 10.00. The molecule has 0 unspecified atom stereocenters. The van der Waals surface area contributed by atoms with E-state index in [1.165, 1.54) is 37.4 Å². The molecule has 3 aromatic rings. The van der Waals surface area contributed by atoms with Crippen molar-refractivity contribution in [3.05, 3.63) is 82.9 Å². The molecule has 2 amide bonds. The van der Waals surface area contributed by atoms with Gasteiger partial charge in [0.2, 0.25) is 5.91 Å². The van der Waals surface area contributed by atoms with Gasteiger partial charge in [0, 0.05) is 40.5 Å². The van der Waals surface area contributed by atoms with Crippen molar-refractivity contribution in [3.63, 3.8) is 0 Å². The van der Waals surface area contributed by atoms with Gasteiger partial charge in [-0.25, -0.2) is 13.6 Å². The number of amides is 2. The second-order valence-corrected chi connectivity index (χ2v) is 9.77. The van der Waals surface area contributed by atoms with Crippen molar-refractivity contribution >= 4 is 36.0 Å². The van der Waals surface area contributed by atoms with Gasteiger partial charge in [-0.15, -0.1) is 12.6 Å². The van der Waals surface area contributed by atoms with E-state index < -0.39 is 35.7 Å². The maximum atomic E-state index is 15.3. The highest BCUT2D eigenvalue weighted by Gasteiger charge is 2.37. The van der Waals surface area contributed by atoms with Crippen LogP contribution in [0.15, 0.2) is 59.5 Å². The summed E-state index contributed by atoms with van der Waals surface area (Å²) >= 11 is 4.60. The van der Waals surface area contributed by atoms with Gasteiger partial charge in [-0.2, -0.15) is 0 Å². The maximum absolute atomic E-state index is 15.3. The van der Waals surface area contributed by atoms with E-state index in [0.29, 0.717) is 53.6 Å². The summed E-state index contributed by atoms with van der Waals surface area (Å²) in [4.78, 5) is 28.3. The first kappa shape index (κ1) is 29.2. The van der Waals surface area contributed by atoms with Gasteiger partial charge in [0.25, 0.3) is 0 Å². The van der Waals surface area contributed by atoms with Gasteiger partial charge in [-0.05, 0) is 73.9 Å². The summed E-state index contributed by atoms with van der Waals surface area (Å²) in [5, 5.41) is 5.68. The number of likely N-dealkylation sites (tertiary alicyclic amines) is 1. The predicted molar refractivity (Wildman–Crippen MR) is 152 cm³/mol. The van der Waals surface area contributed by atoms with Crippen LogP contribution in [0, 0.1) is 11.6 Å². The van der Waals surface area contributed by atoms with Crippen molar-refractivity contribution in [2.75, 3.05) is 30.9 Å². The zero-order valence-corrected chi connectivity index (χ0v) is 23.1. The molecule has 212 valence electrons. The normalized spacial score (nSPS) is 15.4. The van der Waals surface area contributed by atoms with Crippen molar-refractivity contribution in [1.82, 2.24) is 4.90 Å². The van der Waals surface area contributed by atoms with Crippen LogP contribution in [-0.4, -0.2) is 37.2 Å². The highest BCUT2D eigenvalue weighted by Crippen LogP contribution is 2.39. The van der Waals surface area contributed by atoms with E-state index in [1.807, 2.05) is 0 Å². The number of halogens is 2. The standard InChI is InChI=1S/C29H32F2N4O4S/c1-3-39-20-9-10-23(30)21(15-20)27(33-19-7-6-17(16-32)24(31)14-19)28(36)35-12-4-5-25(35)22-13-18(8-11-26(22)40)34-29(37)38-2/h6-11,13-15,25,27,33,40H,3-5,12,16,32H2,1-2H3,(H,34,37)/t25-,27-/m1/s1. The highest BCUT2D eigenvalue weighted by atomic mass is 32.1. The Bertz CT molecular complexity index is 1390. The van der Waals surface area contributed by atoms with Crippen molar-refractivity contribution in [2.24, 2.45) is 5.73 Å². The number of hydrogen-bond donors (Lipinski definition) is 4. The van der Waals surface area contributed by atoms with Gasteiger partial charge in [0.15, 0.2) is 0 Å². The minimum atomic E-state index is -1.19. The van der Waals surface area contributed by atoms with Crippen LogP contribution in [0.1, 0.15) is 48.5 Å². The smallest absolute Gasteiger partial charge is 0.411 e. The topological polar surface area (TPSA) is 106 Å². The third-order valence-corrected chi connectivity index (χ3v) is 7.18. The largest absolute Gasteiger partial charge is 0.494 e. The fourth-order valence-corrected chi connectivity index (χ4v) is 5.12. The van der Waals surface area contributed by atoms with E-state index in [1.54, 1.807) is 36.1 Å². The van der Waals surface area contributed by atoms with Crippen LogP contribution in [0.4, 0.5) is 25.0 Å². The molecule has 1 fully saturated rings. The lowest BCUT2D eigenvalue weighted by molar-refractivity contribution is -0.133. The zero-order valence-electron chi connectivity index (χ0n) is 22.2. The Kier molecular flexibility index (Phi) is 9.49. The van der Waals surface area contributed by atoms with Crippen molar-refractivity contribution in [1.29, 1.82) is 0 Å². The van der Waals surface area contributed by atoms with Crippen LogP contribution >= 0.6 is 12.6 Å². The Morgan fingerprint density at radius 2 is 1.88 bits per heavy atom. The first-order valence-electron chi connectivity index (χ1n) is 12.9. The number of rotatable bonds is 9. The molecule has 0 aromatic heterocycles. The Morgan fingerprint density at radius 1 is 1.10 bits per heavy atom. The van der Waals surface area contributed by atoms with Gasteiger partial charge >= 0.3 is 6.09 Å². The molecule has 11 heteroatoms. The van der Waals surface area contributed by atoms with Crippen molar-refractivity contribution < 1.29 is 27.8 Å². The summed E-state index contributed by atoms with van der Waals surface area (Å²) < 4.78 is 40.1. The maximum Gasteiger partial charge on any atom is 0.411 e. The van der Waals surface area contributed by atoms with Crippen LogP contribution in [0.5, 0.6) is 5.75 Å². The number of anilines is 2. The predicted octanol–water partition coefficient (Wildman–Crippen LogP) is 5.81. The van der Waals surface area contributed by atoms with E-state index in [-0.39, 0.29) is 12.1 Å². The Morgan fingerprint density at radius 3 is 2.58 bits per heavy atom. The molecule has 4 rings (SSSR count). The molecule has 0 aliphatic carbocycles. The van der Waals surface area contributed by atoms with E-state index in [9.17, 15) is 14.0 Å². The fraction of sp³-hybridized carbons (Fsp3) is 0.310. The molecule has 2 atom stereocenters. The van der Waals surface area contributed by atoms with E-state index >= 15 is 4.39 Å². The number of carbonyl (C=O) groups excluding carboxylic acids is 2.